The highest BCUT2D eigenvalue weighted by atomic mass is 32.2. The van der Waals surface area contributed by atoms with Crippen LogP contribution in [0, 0.1) is 5.41 Å². The highest BCUT2D eigenvalue weighted by Crippen LogP contribution is 2.40. The molecule has 0 aromatic heterocycles. The van der Waals surface area contributed by atoms with E-state index >= 15 is 0 Å². The number of phenolic OH excluding ortho intramolecular Hbond substituents is 2. The van der Waals surface area contributed by atoms with Gasteiger partial charge in [-0.15, -0.1) is 11.8 Å². The zero-order valence-electron chi connectivity index (χ0n) is 10.9. The van der Waals surface area contributed by atoms with Gasteiger partial charge in [-0.3, -0.25) is 0 Å². The van der Waals surface area contributed by atoms with Crippen LogP contribution in [0.1, 0.15) is 40.0 Å². The molecule has 0 atom stereocenters. The van der Waals surface area contributed by atoms with Crippen LogP contribution in [0.15, 0.2) is 23.1 Å². The highest BCUT2D eigenvalue weighted by Gasteiger charge is 2.24. The summed E-state index contributed by atoms with van der Waals surface area (Å²) in [4.78, 5) is 0.768. The van der Waals surface area contributed by atoms with Gasteiger partial charge in [-0.05, 0) is 42.9 Å². The first kappa shape index (κ1) is 14.2. The van der Waals surface area contributed by atoms with Crippen LogP contribution >= 0.6 is 11.8 Å². The largest absolute Gasteiger partial charge is 0.508 e. The summed E-state index contributed by atoms with van der Waals surface area (Å²) in [5, 5.41) is 19.1. The van der Waals surface area contributed by atoms with Gasteiger partial charge in [-0.2, -0.15) is 0 Å². The number of thioether (sulfide) groups is 1. The molecule has 96 valence electrons. The lowest BCUT2D eigenvalue weighted by molar-refractivity contribution is 0.294. The molecule has 0 unspecified atom stereocenters. The average Bonchev–Trinajstić information content (AvgIpc) is 2.35. The molecular weight excluding hydrogens is 232 g/mol. The van der Waals surface area contributed by atoms with Crippen molar-refractivity contribution in [2.24, 2.45) is 5.41 Å². The zero-order chi connectivity index (χ0) is 12.9. The molecule has 0 bridgehead atoms. The van der Waals surface area contributed by atoms with E-state index in [-0.39, 0.29) is 11.5 Å². The smallest absolute Gasteiger partial charge is 0.129 e. The first-order chi connectivity index (χ1) is 8.06. The molecule has 3 heteroatoms. The summed E-state index contributed by atoms with van der Waals surface area (Å²) in [7, 11) is 0. The van der Waals surface area contributed by atoms with Crippen LogP contribution in [-0.4, -0.2) is 16.0 Å². The third-order valence-corrected chi connectivity index (χ3v) is 5.12. The molecule has 0 fully saturated rings. The van der Waals surface area contributed by atoms with E-state index in [0.29, 0.717) is 5.41 Å². The van der Waals surface area contributed by atoms with Crippen molar-refractivity contribution in [3.63, 3.8) is 0 Å². The number of hydrogen-bond donors (Lipinski definition) is 2. The maximum absolute atomic E-state index is 9.72. The second kappa shape index (κ2) is 6.20. The first-order valence-corrected chi connectivity index (χ1v) is 7.20. The number of phenols is 2. The molecule has 0 saturated carbocycles. The Kier molecular flexibility index (Phi) is 5.19. The van der Waals surface area contributed by atoms with E-state index in [9.17, 15) is 10.2 Å². The molecule has 2 nitrogen and oxygen atoms in total. The predicted octanol–water partition coefficient (Wildman–Crippen LogP) is 4.41. The van der Waals surface area contributed by atoms with Crippen LogP contribution < -0.4 is 0 Å². The topological polar surface area (TPSA) is 40.5 Å². The molecule has 17 heavy (non-hydrogen) atoms. The van der Waals surface area contributed by atoms with E-state index < -0.39 is 0 Å². The molecule has 0 radical (unpaired) electrons. The molecule has 0 saturated heterocycles. The minimum absolute atomic E-state index is 0.209. The van der Waals surface area contributed by atoms with Crippen LogP contribution in [0.2, 0.25) is 0 Å². The van der Waals surface area contributed by atoms with Gasteiger partial charge in [0, 0.05) is 5.75 Å². The Morgan fingerprint density at radius 1 is 1.06 bits per heavy atom. The summed E-state index contributed by atoms with van der Waals surface area (Å²) >= 11 is 1.63. The molecule has 0 aliphatic rings. The minimum Gasteiger partial charge on any atom is -0.508 e. The summed E-state index contributed by atoms with van der Waals surface area (Å²) < 4.78 is 0. The zero-order valence-corrected chi connectivity index (χ0v) is 11.7. The molecule has 0 aliphatic heterocycles. The Morgan fingerprint density at radius 3 is 2.18 bits per heavy atom. The van der Waals surface area contributed by atoms with Gasteiger partial charge in [0.05, 0.1) is 4.90 Å². The van der Waals surface area contributed by atoms with Crippen molar-refractivity contribution in [3.05, 3.63) is 18.2 Å². The van der Waals surface area contributed by atoms with E-state index in [4.69, 9.17) is 0 Å². The third kappa shape index (κ3) is 3.56. The second-order valence-electron chi connectivity index (χ2n) is 4.50. The first-order valence-electron chi connectivity index (χ1n) is 6.21. The van der Waals surface area contributed by atoms with Crippen molar-refractivity contribution in [2.75, 3.05) is 5.75 Å². The lowest BCUT2D eigenvalue weighted by atomic mass is 9.82. The van der Waals surface area contributed by atoms with Crippen LogP contribution in [0.5, 0.6) is 11.5 Å². The molecule has 0 heterocycles. The lowest BCUT2D eigenvalue weighted by Crippen LogP contribution is -2.20. The van der Waals surface area contributed by atoms with Crippen molar-refractivity contribution in [1.82, 2.24) is 0 Å². The third-order valence-electron chi connectivity index (χ3n) is 3.73. The number of rotatable bonds is 6. The summed E-state index contributed by atoms with van der Waals surface area (Å²) in [5.41, 5.74) is 0.336. The van der Waals surface area contributed by atoms with E-state index in [1.54, 1.807) is 23.9 Å². The fraction of sp³-hybridized carbons (Fsp3) is 0.571. The van der Waals surface area contributed by atoms with Gasteiger partial charge >= 0.3 is 0 Å². The van der Waals surface area contributed by atoms with E-state index in [2.05, 4.69) is 20.8 Å². The van der Waals surface area contributed by atoms with Gasteiger partial charge in [0.1, 0.15) is 11.5 Å². The van der Waals surface area contributed by atoms with Crippen LogP contribution in [0.4, 0.5) is 0 Å². The van der Waals surface area contributed by atoms with Crippen LogP contribution in [-0.2, 0) is 0 Å². The Hall–Kier alpha value is -0.830. The summed E-state index contributed by atoms with van der Waals surface area (Å²) in [6, 6.07) is 4.68. The molecule has 0 spiro atoms. The Labute approximate surface area is 108 Å². The number of hydrogen-bond acceptors (Lipinski definition) is 3. The average molecular weight is 254 g/mol. The van der Waals surface area contributed by atoms with E-state index in [1.165, 1.54) is 6.07 Å². The molecule has 1 rings (SSSR count). The van der Waals surface area contributed by atoms with Gasteiger partial charge < -0.3 is 10.2 Å². The van der Waals surface area contributed by atoms with Gasteiger partial charge in [0.25, 0.3) is 0 Å². The molecule has 0 aliphatic carbocycles. The van der Waals surface area contributed by atoms with Gasteiger partial charge in [0.2, 0.25) is 0 Å². The molecular formula is C14H22O2S. The summed E-state index contributed by atoms with van der Waals surface area (Å²) in [6.45, 7) is 6.65. The summed E-state index contributed by atoms with van der Waals surface area (Å²) in [6.07, 6.45) is 3.44. The van der Waals surface area contributed by atoms with Crippen LogP contribution in [0.3, 0.4) is 0 Å². The van der Waals surface area contributed by atoms with Gasteiger partial charge in [-0.1, -0.05) is 20.8 Å². The molecule has 0 amide bonds. The number of benzene rings is 1. The highest BCUT2D eigenvalue weighted by molar-refractivity contribution is 7.99. The van der Waals surface area contributed by atoms with Crippen molar-refractivity contribution in [3.8, 4) is 11.5 Å². The summed E-state index contributed by atoms with van der Waals surface area (Å²) in [5.74, 6) is 1.44. The van der Waals surface area contributed by atoms with Crippen molar-refractivity contribution in [2.45, 2.75) is 44.9 Å². The van der Waals surface area contributed by atoms with Crippen molar-refractivity contribution in [1.29, 1.82) is 0 Å². The maximum atomic E-state index is 9.72. The van der Waals surface area contributed by atoms with Gasteiger partial charge in [0.15, 0.2) is 0 Å². The fourth-order valence-electron chi connectivity index (χ4n) is 1.91. The predicted molar refractivity (Wildman–Crippen MR) is 73.8 cm³/mol. The second-order valence-corrected chi connectivity index (χ2v) is 5.52. The molecule has 2 N–H and O–H groups in total. The quantitative estimate of drug-likeness (QED) is 0.583. The molecule has 1 aromatic carbocycles. The number of aromatic hydroxyl groups is 2. The minimum atomic E-state index is 0.209. The van der Waals surface area contributed by atoms with Crippen LogP contribution in [0.25, 0.3) is 0 Å². The van der Waals surface area contributed by atoms with E-state index in [0.717, 1.165) is 29.9 Å². The van der Waals surface area contributed by atoms with Crippen molar-refractivity contribution >= 4 is 11.8 Å². The van der Waals surface area contributed by atoms with Gasteiger partial charge in [-0.25, -0.2) is 0 Å². The lowest BCUT2D eigenvalue weighted by Gasteiger charge is -2.30. The van der Waals surface area contributed by atoms with Crippen molar-refractivity contribution < 1.29 is 10.2 Å². The maximum Gasteiger partial charge on any atom is 0.129 e. The normalized spacial score (nSPS) is 11.7. The monoisotopic (exact) mass is 254 g/mol. The fourth-order valence-corrected chi connectivity index (χ4v) is 3.40. The molecule has 1 aromatic rings. The van der Waals surface area contributed by atoms with E-state index in [1.807, 2.05) is 0 Å². The standard InChI is InChI=1S/C14H22O2S/c1-4-14(5-2,6-3)10-17-13-9-11(15)7-8-12(13)16/h7-9,15-16H,4-6,10H2,1-3H3. The Morgan fingerprint density at radius 2 is 1.65 bits per heavy atom. The SMILES string of the molecule is CCC(CC)(CC)CSc1cc(O)ccc1O. The Balaban J connectivity index is 2.75. The Bertz CT molecular complexity index is 351.